The molecular formula is C25H31N7O2. The van der Waals surface area contributed by atoms with Crippen LogP contribution in [-0.4, -0.2) is 76.7 Å². The first-order valence-electron chi connectivity index (χ1n) is 11.9. The normalized spacial score (nSPS) is 17.2. The Morgan fingerprint density at radius 2 is 1.62 bits per heavy atom. The van der Waals surface area contributed by atoms with Gasteiger partial charge >= 0.3 is 0 Å². The van der Waals surface area contributed by atoms with Crippen LogP contribution in [0, 0.1) is 12.8 Å². The maximum Gasteiger partial charge on any atom is 0.225 e. The van der Waals surface area contributed by atoms with Crippen LogP contribution in [0.15, 0.2) is 49.1 Å². The van der Waals surface area contributed by atoms with E-state index in [2.05, 4.69) is 36.9 Å². The van der Waals surface area contributed by atoms with E-state index in [9.17, 15) is 4.79 Å². The van der Waals surface area contributed by atoms with Gasteiger partial charge in [-0.1, -0.05) is 0 Å². The molecule has 0 radical (unpaired) electrons. The van der Waals surface area contributed by atoms with E-state index in [1.54, 1.807) is 19.6 Å². The van der Waals surface area contributed by atoms with Gasteiger partial charge in [0.2, 0.25) is 5.91 Å². The van der Waals surface area contributed by atoms with Gasteiger partial charge in [-0.15, -0.1) is 0 Å². The first kappa shape index (κ1) is 22.2. The standard InChI is InChI=1S/C25H31N7O2/c1-19-26-9-12-32(19)24-17-23(27-18-28-24)30-10-7-20(8-11-30)25(33)31-15-13-29(14-16-31)21-3-5-22(34-2)6-4-21/h3-6,9,12,17-18,20H,7-8,10-11,13-16H2,1-2H3. The van der Waals surface area contributed by atoms with Crippen molar-refractivity contribution in [2.45, 2.75) is 19.8 Å². The number of hydrogen-bond acceptors (Lipinski definition) is 7. The van der Waals surface area contributed by atoms with Gasteiger partial charge in [0.15, 0.2) is 0 Å². The summed E-state index contributed by atoms with van der Waals surface area (Å²) in [5.74, 6) is 3.84. The lowest BCUT2D eigenvalue weighted by Crippen LogP contribution is -2.51. The van der Waals surface area contributed by atoms with Gasteiger partial charge in [-0.05, 0) is 44.0 Å². The number of amides is 1. The molecule has 9 nitrogen and oxygen atoms in total. The Morgan fingerprint density at radius 3 is 2.26 bits per heavy atom. The number of benzene rings is 1. The van der Waals surface area contributed by atoms with Crippen LogP contribution in [0.3, 0.4) is 0 Å². The molecule has 0 spiro atoms. The minimum atomic E-state index is 0.0842. The van der Waals surface area contributed by atoms with E-state index < -0.39 is 0 Å². The highest BCUT2D eigenvalue weighted by atomic mass is 16.5. The van der Waals surface area contributed by atoms with Crippen LogP contribution < -0.4 is 14.5 Å². The number of ether oxygens (including phenoxy) is 1. The van der Waals surface area contributed by atoms with Crippen molar-refractivity contribution in [3.05, 3.63) is 54.9 Å². The molecule has 2 aliphatic rings. The monoisotopic (exact) mass is 461 g/mol. The Kier molecular flexibility index (Phi) is 6.33. The van der Waals surface area contributed by atoms with Gasteiger partial charge in [-0.3, -0.25) is 9.36 Å². The number of imidazole rings is 1. The molecule has 2 fully saturated rings. The molecule has 3 aromatic rings. The van der Waals surface area contributed by atoms with Crippen molar-refractivity contribution >= 4 is 17.4 Å². The zero-order valence-corrected chi connectivity index (χ0v) is 19.8. The molecule has 2 saturated heterocycles. The number of piperidine rings is 1. The zero-order chi connectivity index (χ0) is 23.5. The van der Waals surface area contributed by atoms with E-state index in [1.807, 2.05) is 40.8 Å². The SMILES string of the molecule is COc1ccc(N2CCN(C(=O)C3CCN(c4cc(-n5ccnc5C)ncn4)CC3)CC2)cc1. The molecule has 4 heterocycles. The Hall–Kier alpha value is -3.62. The lowest BCUT2D eigenvalue weighted by atomic mass is 9.95. The quantitative estimate of drug-likeness (QED) is 0.578. The number of aromatic nitrogens is 4. The molecule has 0 N–H and O–H groups in total. The summed E-state index contributed by atoms with van der Waals surface area (Å²) in [7, 11) is 1.68. The average Bonchev–Trinajstić information content (AvgIpc) is 3.34. The van der Waals surface area contributed by atoms with Crippen LogP contribution in [0.1, 0.15) is 18.7 Å². The van der Waals surface area contributed by atoms with E-state index in [0.717, 1.165) is 75.3 Å². The van der Waals surface area contributed by atoms with Crippen LogP contribution in [0.2, 0.25) is 0 Å². The van der Waals surface area contributed by atoms with E-state index >= 15 is 0 Å². The molecule has 1 amide bonds. The second-order valence-corrected chi connectivity index (χ2v) is 8.85. The fraction of sp³-hybridized carbons (Fsp3) is 0.440. The molecule has 2 aliphatic heterocycles. The number of hydrogen-bond donors (Lipinski definition) is 0. The first-order chi connectivity index (χ1) is 16.6. The van der Waals surface area contributed by atoms with Gasteiger partial charge in [0, 0.05) is 69.3 Å². The summed E-state index contributed by atoms with van der Waals surface area (Å²) >= 11 is 0. The molecule has 9 heteroatoms. The molecular weight excluding hydrogens is 430 g/mol. The minimum Gasteiger partial charge on any atom is -0.497 e. The molecule has 0 bridgehead atoms. The number of anilines is 2. The summed E-state index contributed by atoms with van der Waals surface area (Å²) in [4.78, 5) is 33.0. The van der Waals surface area contributed by atoms with E-state index in [4.69, 9.17) is 4.74 Å². The van der Waals surface area contributed by atoms with Crippen molar-refractivity contribution in [2.75, 3.05) is 56.2 Å². The van der Waals surface area contributed by atoms with Crippen LogP contribution >= 0.6 is 0 Å². The van der Waals surface area contributed by atoms with Gasteiger partial charge in [0.1, 0.15) is 29.5 Å². The predicted molar refractivity (Wildman–Crippen MR) is 131 cm³/mol. The molecule has 178 valence electrons. The van der Waals surface area contributed by atoms with Crippen molar-refractivity contribution < 1.29 is 9.53 Å². The predicted octanol–water partition coefficient (Wildman–Crippen LogP) is 2.54. The number of carbonyl (C=O) groups excluding carboxylic acids is 1. The van der Waals surface area contributed by atoms with Gasteiger partial charge in [-0.2, -0.15) is 0 Å². The minimum absolute atomic E-state index is 0.0842. The van der Waals surface area contributed by atoms with Crippen molar-refractivity contribution in [1.82, 2.24) is 24.4 Å². The highest BCUT2D eigenvalue weighted by molar-refractivity contribution is 5.79. The lowest BCUT2D eigenvalue weighted by molar-refractivity contribution is -0.136. The summed E-state index contributed by atoms with van der Waals surface area (Å²) in [6.07, 6.45) is 6.97. The molecule has 2 aromatic heterocycles. The molecule has 0 saturated carbocycles. The third kappa shape index (κ3) is 4.55. The molecule has 0 atom stereocenters. The Labute approximate surface area is 200 Å². The number of piperazine rings is 1. The average molecular weight is 462 g/mol. The summed E-state index contributed by atoms with van der Waals surface area (Å²) in [6, 6.07) is 10.1. The number of nitrogens with zero attached hydrogens (tertiary/aromatic N) is 7. The van der Waals surface area contributed by atoms with Crippen LogP contribution in [-0.2, 0) is 4.79 Å². The second kappa shape index (κ2) is 9.70. The Morgan fingerprint density at radius 1 is 0.912 bits per heavy atom. The fourth-order valence-electron chi connectivity index (χ4n) is 4.85. The van der Waals surface area contributed by atoms with Gasteiger partial charge in [-0.25, -0.2) is 15.0 Å². The number of aryl methyl sites for hydroxylation is 1. The van der Waals surface area contributed by atoms with Crippen molar-refractivity contribution in [3.63, 3.8) is 0 Å². The second-order valence-electron chi connectivity index (χ2n) is 8.85. The summed E-state index contributed by atoms with van der Waals surface area (Å²) in [5.41, 5.74) is 1.18. The number of rotatable bonds is 5. The van der Waals surface area contributed by atoms with E-state index in [0.29, 0.717) is 5.91 Å². The lowest BCUT2D eigenvalue weighted by Gasteiger charge is -2.39. The summed E-state index contributed by atoms with van der Waals surface area (Å²) in [5, 5.41) is 0. The maximum absolute atomic E-state index is 13.2. The topological polar surface area (TPSA) is 79.6 Å². The smallest absolute Gasteiger partial charge is 0.225 e. The summed E-state index contributed by atoms with van der Waals surface area (Å²) < 4.78 is 7.20. The third-order valence-corrected chi connectivity index (χ3v) is 6.91. The van der Waals surface area contributed by atoms with Gasteiger partial charge < -0.3 is 19.4 Å². The van der Waals surface area contributed by atoms with Gasteiger partial charge in [0.25, 0.3) is 0 Å². The molecule has 5 rings (SSSR count). The summed E-state index contributed by atoms with van der Waals surface area (Å²) in [6.45, 7) is 6.84. The number of carbonyl (C=O) groups is 1. The van der Waals surface area contributed by atoms with Crippen LogP contribution in [0.25, 0.3) is 5.82 Å². The number of methoxy groups -OCH3 is 1. The maximum atomic E-state index is 13.2. The van der Waals surface area contributed by atoms with Crippen molar-refractivity contribution in [1.29, 1.82) is 0 Å². The van der Waals surface area contributed by atoms with Crippen LogP contribution in [0.4, 0.5) is 11.5 Å². The zero-order valence-electron chi connectivity index (χ0n) is 19.8. The van der Waals surface area contributed by atoms with Crippen molar-refractivity contribution in [3.8, 4) is 11.6 Å². The van der Waals surface area contributed by atoms with E-state index in [-0.39, 0.29) is 5.92 Å². The molecule has 0 unspecified atom stereocenters. The Balaban J connectivity index is 1.14. The third-order valence-electron chi connectivity index (χ3n) is 6.91. The molecule has 0 aliphatic carbocycles. The van der Waals surface area contributed by atoms with Crippen LogP contribution in [0.5, 0.6) is 5.75 Å². The largest absolute Gasteiger partial charge is 0.497 e. The highest BCUT2D eigenvalue weighted by Crippen LogP contribution is 2.26. The molecule has 1 aromatic carbocycles. The van der Waals surface area contributed by atoms with E-state index in [1.165, 1.54) is 5.69 Å². The fourth-order valence-corrected chi connectivity index (χ4v) is 4.85. The van der Waals surface area contributed by atoms with Gasteiger partial charge in [0.05, 0.1) is 7.11 Å². The Bertz CT molecular complexity index is 1110. The first-order valence-corrected chi connectivity index (χ1v) is 11.9. The van der Waals surface area contributed by atoms with Crippen molar-refractivity contribution in [2.24, 2.45) is 5.92 Å². The molecule has 34 heavy (non-hydrogen) atoms. The highest BCUT2D eigenvalue weighted by Gasteiger charge is 2.31.